The first-order valence-corrected chi connectivity index (χ1v) is 13.5. The second-order valence-corrected chi connectivity index (χ2v) is 11.6. The Hall–Kier alpha value is -2.69. The lowest BCUT2D eigenvalue weighted by atomic mass is 10.2. The number of hydrogen-bond donors (Lipinski definition) is 0. The van der Waals surface area contributed by atoms with Crippen molar-refractivity contribution in [2.45, 2.75) is 4.90 Å². The van der Waals surface area contributed by atoms with E-state index in [9.17, 15) is 13.2 Å². The predicted octanol–water partition coefficient (Wildman–Crippen LogP) is 5.41. The van der Waals surface area contributed by atoms with Crippen molar-refractivity contribution in [3.63, 3.8) is 0 Å². The molecule has 0 aliphatic carbocycles. The van der Waals surface area contributed by atoms with Crippen molar-refractivity contribution in [3.8, 4) is 0 Å². The fourth-order valence-corrected chi connectivity index (χ4v) is 5.95. The number of thiazole rings is 1. The molecule has 0 radical (unpaired) electrons. The van der Waals surface area contributed by atoms with Crippen molar-refractivity contribution in [2.75, 3.05) is 43.4 Å². The van der Waals surface area contributed by atoms with Crippen LogP contribution in [-0.2, 0) is 10.0 Å². The highest BCUT2D eigenvalue weighted by Crippen LogP contribution is 2.33. The minimum atomic E-state index is -3.77. The molecular formula is C25H26Cl2N4O3S2. The van der Waals surface area contributed by atoms with Crippen molar-refractivity contribution >= 4 is 72.3 Å². The van der Waals surface area contributed by atoms with Gasteiger partial charge in [-0.15, -0.1) is 12.4 Å². The van der Waals surface area contributed by atoms with Crippen molar-refractivity contribution in [3.05, 3.63) is 83.4 Å². The number of hydrogen-bond acceptors (Lipinski definition) is 6. The van der Waals surface area contributed by atoms with Gasteiger partial charge in [-0.2, -0.15) is 0 Å². The minimum Gasteiger partial charge on any atom is -0.308 e. The van der Waals surface area contributed by atoms with Crippen LogP contribution in [0.4, 0.5) is 10.8 Å². The van der Waals surface area contributed by atoms with Gasteiger partial charge in [0.2, 0.25) is 0 Å². The van der Waals surface area contributed by atoms with Crippen LogP contribution in [0.5, 0.6) is 0 Å². The van der Waals surface area contributed by atoms with Crippen LogP contribution in [-0.4, -0.2) is 58.4 Å². The van der Waals surface area contributed by atoms with E-state index in [-0.39, 0.29) is 23.2 Å². The first kappa shape index (κ1) is 27.9. The fourth-order valence-electron chi connectivity index (χ4n) is 3.46. The van der Waals surface area contributed by atoms with E-state index in [4.69, 9.17) is 11.6 Å². The number of amides is 1. The molecule has 4 aromatic rings. The molecule has 0 atom stereocenters. The number of sulfonamides is 1. The maximum Gasteiger partial charge on any atom is 0.264 e. The Bertz CT molecular complexity index is 1440. The number of likely N-dealkylation sites (N-methyl/N-ethyl adjacent to an activating group) is 1. The van der Waals surface area contributed by atoms with Crippen LogP contribution in [0.15, 0.2) is 77.7 Å². The smallest absolute Gasteiger partial charge is 0.264 e. The van der Waals surface area contributed by atoms with Crippen LogP contribution < -0.4 is 9.21 Å². The van der Waals surface area contributed by atoms with Gasteiger partial charge in [-0.1, -0.05) is 47.2 Å². The maximum atomic E-state index is 13.5. The number of nitrogens with zero attached hydrogens (tertiary/aromatic N) is 4. The molecule has 0 bridgehead atoms. The van der Waals surface area contributed by atoms with E-state index in [1.165, 1.54) is 47.0 Å². The molecule has 0 aliphatic rings. The van der Waals surface area contributed by atoms with Gasteiger partial charge in [0, 0.05) is 25.7 Å². The Morgan fingerprint density at radius 2 is 1.58 bits per heavy atom. The Morgan fingerprint density at radius 1 is 0.917 bits per heavy atom. The summed E-state index contributed by atoms with van der Waals surface area (Å²) in [6, 6.07) is 20.4. The number of fused-ring (bicyclic) bond motifs is 1. The van der Waals surface area contributed by atoms with Crippen LogP contribution in [0.2, 0.25) is 5.02 Å². The number of benzene rings is 3. The molecule has 0 unspecified atom stereocenters. The number of carbonyl (C=O) groups is 1. The molecule has 1 amide bonds. The number of para-hydroxylation sites is 2. The molecular weight excluding hydrogens is 539 g/mol. The standard InChI is InChI=1S/C25H25ClN4O3S2.ClH/c1-28(2)16-17-30(25-27-23-21(26)10-7-11-22(23)34-25)24(31)18-12-14-20(15-13-18)35(32,33)29(3)19-8-5-4-6-9-19;/h4-15H,16-17H2,1-3H3;1H. The average molecular weight is 566 g/mol. The van der Waals surface area contributed by atoms with Crippen molar-refractivity contribution < 1.29 is 13.2 Å². The third-order valence-corrected chi connectivity index (χ3v) is 8.63. The number of anilines is 2. The van der Waals surface area contributed by atoms with Crippen LogP contribution in [0.25, 0.3) is 10.2 Å². The Labute approximate surface area is 226 Å². The highest BCUT2D eigenvalue weighted by Gasteiger charge is 2.25. The SMILES string of the molecule is CN(C)CCN(C(=O)c1ccc(S(=O)(=O)N(C)c2ccccc2)cc1)c1nc2c(Cl)cccc2s1.Cl. The molecule has 1 heterocycles. The normalized spacial score (nSPS) is 11.4. The molecule has 0 N–H and O–H groups in total. The van der Waals surface area contributed by atoms with E-state index < -0.39 is 10.0 Å². The molecule has 11 heteroatoms. The molecule has 0 saturated carbocycles. The second-order valence-electron chi connectivity index (χ2n) is 8.18. The van der Waals surface area contributed by atoms with Crippen LogP contribution in [0.1, 0.15) is 10.4 Å². The summed E-state index contributed by atoms with van der Waals surface area (Å²) in [5, 5.41) is 1.07. The fraction of sp³-hybridized carbons (Fsp3) is 0.200. The average Bonchev–Trinajstić information content (AvgIpc) is 3.29. The first-order chi connectivity index (χ1) is 16.7. The summed E-state index contributed by atoms with van der Waals surface area (Å²) in [6.07, 6.45) is 0. The van der Waals surface area contributed by atoms with Crippen molar-refractivity contribution in [1.29, 1.82) is 0 Å². The lowest BCUT2D eigenvalue weighted by Gasteiger charge is -2.22. The summed E-state index contributed by atoms with van der Waals surface area (Å²) in [6.45, 7) is 1.05. The molecule has 190 valence electrons. The van der Waals surface area contributed by atoms with E-state index in [0.29, 0.717) is 40.0 Å². The summed E-state index contributed by atoms with van der Waals surface area (Å²) < 4.78 is 28.3. The van der Waals surface area contributed by atoms with Crippen LogP contribution in [0.3, 0.4) is 0 Å². The van der Waals surface area contributed by atoms with Gasteiger partial charge in [-0.3, -0.25) is 14.0 Å². The van der Waals surface area contributed by atoms with Gasteiger partial charge < -0.3 is 4.90 Å². The highest BCUT2D eigenvalue weighted by molar-refractivity contribution is 7.92. The number of rotatable bonds is 8. The van der Waals surface area contributed by atoms with Gasteiger partial charge in [0.1, 0.15) is 5.52 Å². The highest BCUT2D eigenvalue weighted by atomic mass is 35.5. The van der Waals surface area contributed by atoms with Crippen molar-refractivity contribution in [1.82, 2.24) is 9.88 Å². The predicted molar refractivity (Wildman–Crippen MR) is 151 cm³/mol. The zero-order valence-corrected chi connectivity index (χ0v) is 23.2. The maximum absolute atomic E-state index is 13.5. The summed E-state index contributed by atoms with van der Waals surface area (Å²) in [5.41, 5.74) is 1.58. The topological polar surface area (TPSA) is 73.8 Å². The summed E-state index contributed by atoms with van der Waals surface area (Å²) in [5.74, 6) is -0.262. The van der Waals surface area contributed by atoms with Gasteiger partial charge in [0.05, 0.1) is 20.3 Å². The van der Waals surface area contributed by atoms with Crippen molar-refractivity contribution in [2.24, 2.45) is 0 Å². The lowest BCUT2D eigenvalue weighted by molar-refractivity contribution is 0.0985. The monoisotopic (exact) mass is 564 g/mol. The van der Waals surface area contributed by atoms with Gasteiger partial charge in [0.25, 0.3) is 15.9 Å². The van der Waals surface area contributed by atoms with Crippen LogP contribution in [0, 0.1) is 0 Å². The summed E-state index contributed by atoms with van der Waals surface area (Å²) >= 11 is 7.69. The molecule has 0 fully saturated rings. The van der Waals surface area contributed by atoms with E-state index in [0.717, 1.165) is 4.70 Å². The Morgan fingerprint density at radius 3 is 2.19 bits per heavy atom. The third-order valence-electron chi connectivity index (χ3n) is 5.48. The molecule has 4 rings (SSSR count). The van der Waals surface area contributed by atoms with E-state index in [1.807, 2.05) is 37.2 Å². The van der Waals surface area contributed by atoms with Crippen LogP contribution >= 0.6 is 35.3 Å². The van der Waals surface area contributed by atoms with E-state index in [2.05, 4.69) is 4.98 Å². The zero-order chi connectivity index (χ0) is 25.2. The molecule has 0 spiro atoms. The molecule has 0 aliphatic heterocycles. The van der Waals surface area contributed by atoms with E-state index >= 15 is 0 Å². The quantitative estimate of drug-likeness (QED) is 0.286. The summed E-state index contributed by atoms with van der Waals surface area (Å²) in [7, 11) is 1.59. The first-order valence-electron chi connectivity index (χ1n) is 10.8. The largest absolute Gasteiger partial charge is 0.308 e. The summed E-state index contributed by atoms with van der Waals surface area (Å²) in [4.78, 5) is 21.8. The Kier molecular flexibility index (Phi) is 8.97. The number of halogens is 2. The lowest BCUT2D eigenvalue weighted by Crippen LogP contribution is -2.36. The zero-order valence-electron chi connectivity index (χ0n) is 20.0. The van der Waals surface area contributed by atoms with Gasteiger partial charge in [-0.05, 0) is 62.6 Å². The third kappa shape index (κ3) is 5.82. The molecule has 7 nitrogen and oxygen atoms in total. The van der Waals surface area contributed by atoms with E-state index in [1.54, 1.807) is 35.2 Å². The molecule has 3 aromatic carbocycles. The van der Waals surface area contributed by atoms with Gasteiger partial charge in [-0.25, -0.2) is 13.4 Å². The second kappa shape index (κ2) is 11.6. The Balaban J connectivity index is 0.00000361. The molecule has 1 aromatic heterocycles. The molecule has 36 heavy (non-hydrogen) atoms. The van der Waals surface area contributed by atoms with Gasteiger partial charge >= 0.3 is 0 Å². The minimum absolute atomic E-state index is 0. The van der Waals surface area contributed by atoms with Gasteiger partial charge in [0.15, 0.2) is 5.13 Å². The molecule has 0 saturated heterocycles. The number of carbonyl (C=O) groups excluding carboxylic acids is 1. The number of aromatic nitrogens is 1.